The van der Waals surface area contributed by atoms with Crippen molar-refractivity contribution in [2.75, 3.05) is 6.54 Å². The van der Waals surface area contributed by atoms with Crippen molar-refractivity contribution in [1.82, 2.24) is 15.5 Å². The Kier molecular flexibility index (Phi) is 3.41. The number of nitrogens with zero attached hydrogens (tertiary/aromatic N) is 2. The number of rotatable bonds is 2. The van der Waals surface area contributed by atoms with Crippen molar-refractivity contribution in [2.24, 2.45) is 0 Å². The van der Waals surface area contributed by atoms with Crippen LogP contribution < -0.4 is 5.32 Å². The highest BCUT2D eigenvalue weighted by atomic mass is 79.9. The van der Waals surface area contributed by atoms with Crippen molar-refractivity contribution in [1.29, 1.82) is 0 Å². The Morgan fingerprint density at radius 1 is 1.32 bits per heavy atom. The minimum Gasteiger partial charge on any atom is -0.337 e. The molecule has 4 nitrogen and oxygen atoms in total. The number of hydrogen-bond acceptors (Lipinski definition) is 4. The SMILES string of the molecule is Cc1cc(-c2noc([C@@H]3CCCN3)n2)cc(C)c1Br. The van der Waals surface area contributed by atoms with Crippen LogP contribution in [-0.2, 0) is 0 Å². The van der Waals surface area contributed by atoms with Crippen LogP contribution in [0, 0.1) is 13.8 Å². The van der Waals surface area contributed by atoms with E-state index < -0.39 is 0 Å². The molecule has 1 saturated heterocycles. The van der Waals surface area contributed by atoms with E-state index in [1.165, 1.54) is 17.5 Å². The molecule has 0 unspecified atom stereocenters. The maximum absolute atomic E-state index is 5.38. The van der Waals surface area contributed by atoms with Crippen LogP contribution in [0.3, 0.4) is 0 Å². The lowest BCUT2D eigenvalue weighted by Crippen LogP contribution is -2.12. The summed E-state index contributed by atoms with van der Waals surface area (Å²) in [4.78, 5) is 4.52. The van der Waals surface area contributed by atoms with Gasteiger partial charge in [-0.3, -0.25) is 0 Å². The molecule has 0 amide bonds. The zero-order valence-electron chi connectivity index (χ0n) is 11.0. The smallest absolute Gasteiger partial charge is 0.244 e. The Morgan fingerprint density at radius 3 is 2.68 bits per heavy atom. The van der Waals surface area contributed by atoms with E-state index in [9.17, 15) is 0 Å². The molecule has 1 aromatic heterocycles. The Bertz CT molecular complexity index is 579. The largest absolute Gasteiger partial charge is 0.337 e. The van der Waals surface area contributed by atoms with E-state index in [2.05, 4.69) is 57.4 Å². The summed E-state index contributed by atoms with van der Waals surface area (Å²) >= 11 is 3.57. The molecule has 0 saturated carbocycles. The molecule has 0 spiro atoms. The summed E-state index contributed by atoms with van der Waals surface area (Å²) in [6.07, 6.45) is 2.24. The minimum absolute atomic E-state index is 0.221. The van der Waals surface area contributed by atoms with Gasteiger partial charge < -0.3 is 9.84 Å². The molecule has 1 aliphatic rings. The predicted octanol–water partition coefficient (Wildman–Crippen LogP) is 3.54. The maximum Gasteiger partial charge on any atom is 0.244 e. The lowest BCUT2D eigenvalue weighted by atomic mass is 10.1. The molecule has 100 valence electrons. The highest BCUT2D eigenvalue weighted by Crippen LogP contribution is 2.28. The predicted molar refractivity (Wildman–Crippen MR) is 76.9 cm³/mol. The lowest BCUT2D eigenvalue weighted by molar-refractivity contribution is 0.345. The van der Waals surface area contributed by atoms with E-state index in [0.29, 0.717) is 11.7 Å². The summed E-state index contributed by atoms with van der Waals surface area (Å²) in [5.74, 6) is 1.37. The van der Waals surface area contributed by atoms with Crippen molar-refractivity contribution in [2.45, 2.75) is 32.7 Å². The number of aryl methyl sites for hydroxylation is 2. The summed E-state index contributed by atoms with van der Waals surface area (Å²) in [7, 11) is 0. The summed E-state index contributed by atoms with van der Waals surface area (Å²) in [6.45, 7) is 5.17. The first-order valence-corrected chi connectivity index (χ1v) is 7.28. The second-order valence-corrected chi connectivity index (χ2v) is 5.82. The molecule has 19 heavy (non-hydrogen) atoms. The van der Waals surface area contributed by atoms with E-state index >= 15 is 0 Å². The van der Waals surface area contributed by atoms with Gasteiger partial charge in [0.15, 0.2) is 0 Å². The molecule has 0 aliphatic carbocycles. The Hall–Kier alpha value is -1.20. The monoisotopic (exact) mass is 321 g/mol. The molecule has 2 aromatic rings. The second-order valence-electron chi connectivity index (χ2n) is 5.03. The molecule has 5 heteroatoms. The van der Waals surface area contributed by atoms with Crippen molar-refractivity contribution in [3.63, 3.8) is 0 Å². The van der Waals surface area contributed by atoms with Gasteiger partial charge in [-0.1, -0.05) is 21.1 Å². The minimum atomic E-state index is 0.221. The first-order chi connectivity index (χ1) is 9.15. The van der Waals surface area contributed by atoms with Gasteiger partial charge in [-0.05, 0) is 56.5 Å². The van der Waals surface area contributed by atoms with Crippen LogP contribution in [0.15, 0.2) is 21.1 Å². The Labute approximate surface area is 120 Å². The molecule has 1 atom stereocenters. The van der Waals surface area contributed by atoms with Crippen LogP contribution in [0.2, 0.25) is 0 Å². The molecule has 0 bridgehead atoms. The first kappa shape index (κ1) is 12.8. The average molecular weight is 322 g/mol. The fraction of sp³-hybridized carbons (Fsp3) is 0.429. The third kappa shape index (κ3) is 2.44. The van der Waals surface area contributed by atoms with Crippen molar-refractivity contribution < 1.29 is 4.52 Å². The van der Waals surface area contributed by atoms with E-state index in [0.717, 1.165) is 23.0 Å². The van der Waals surface area contributed by atoms with Gasteiger partial charge in [0.25, 0.3) is 0 Å². The molecule has 1 N–H and O–H groups in total. The lowest BCUT2D eigenvalue weighted by Gasteiger charge is -2.05. The summed E-state index contributed by atoms with van der Waals surface area (Å²) in [5.41, 5.74) is 3.37. The number of halogens is 1. The van der Waals surface area contributed by atoms with Gasteiger partial charge in [0.2, 0.25) is 11.7 Å². The van der Waals surface area contributed by atoms with E-state index in [-0.39, 0.29) is 6.04 Å². The molecule has 1 aliphatic heterocycles. The number of aromatic nitrogens is 2. The standard InChI is InChI=1S/C14H16BrN3O/c1-8-6-10(7-9(2)12(8)15)13-17-14(19-18-13)11-4-3-5-16-11/h6-7,11,16H,3-5H2,1-2H3/t11-/m0/s1. The normalized spacial score (nSPS) is 19.0. The number of benzene rings is 1. The molecule has 0 radical (unpaired) electrons. The second kappa shape index (κ2) is 5.06. The fourth-order valence-electron chi connectivity index (χ4n) is 2.46. The van der Waals surface area contributed by atoms with Crippen LogP contribution in [0.25, 0.3) is 11.4 Å². The zero-order chi connectivity index (χ0) is 13.4. The first-order valence-electron chi connectivity index (χ1n) is 6.49. The third-order valence-corrected chi connectivity index (χ3v) is 4.75. The highest BCUT2D eigenvalue weighted by Gasteiger charge is 2.22. The van der Waals surface area contributed by atoms with Crippen molar-refractivity contribution in [3.8, 4) is 11.4 Å². The zero-order valence-corrected chi connectivity index (χ0v) is 12.6. The van der Waals surface area contributed by atoms with Gasteiger partial charge in [0, 0.05) is 10.0 Å². The summed E-state index contributed by atoms with van der Waals surface area (Å²) in [5, 5.41) is 7.47. The van der Waals surface area contributed by atoms with Crippen LogP contribution >= 0.6 is 15.9 Å². The van der Waals surface area contributed by atoms with Gasteiger partial charge in [0.05, 0.1) is 6.04 Å². The highest BCUT2D eigenvalue weighted by molar-refractivity contribution is 9.10. The van der Waals surface area contributed by atoms with Gasteiger partial charge in [-0.15, -0.1) is 0 Å². The third-order valence-electron chi connectivity index (χ3n) is 3.49. The van der Waals surface area contributed by atoms with Gasteiger partial charge in [-0.25, -0.2) is 0 Å². The molecular weight excluding hydrogens is 306 g/mol. The molecule has 1 fully saturated rings. The van der Waals surface area contributed by atoms with Gasteiger partial charge in [-0.2, -0.15) is 4.98 Å². The number of hydrogen-bond donors (Lipinski definition) is 1. The van der Waals surface area contributed by atoms with Crippen molar-refractivity contribution >= 4 is 15.9 Å². The van der Waals surface area contributed by atoms with E-state index in [1.807, 2.05) is 0 Å². The van der Waals surface area contributed by atoms with Crippen molar-refractivity contribution in [3.05, 3.63) is 33.6 Å². The molecule has 1 aromatic carbocycles. The number of nitrogens with one attached hydrogen (secondary N) is 1. The quantitative estimate of drug-likeness (QED) is 0.919. The Balaban J connectivity index is 1.94. The summed E-state index contributed by atoms with van der Waals surface area (Å²) < 4.78 is 6.51. The van der Waals surface area contributed by atoms with Crippen LogP contribution in [0.1, 0.15) is 35.9 Å². The topological polar surface area (TPSA) is 51.0 Å². The van der Waals surface area contributed by atoms with E-state index in [4.69, 9.17) is 4.52 Å². The molecule has 3 rings (SSSR count). The molecular formula is C14H16BrN3O. The summed E-state index contributed by atoms with van der Waals surface area (Å²) in [6, 6.07) is 4.38. The van der Waals surface area contributed by atoms with Gasteiger partial charge in [0.1, 0.15) is 0 Å². The van der Waals surface area contributed by atoms with E-state index in [1.54, 1.807) is 0 Å². The fourth-order valence-corrected chi connectivity index (χ4v) is 2.69. The van der Waals surface area contributed by atoms with Gasteiger partial charge >= 0.3 is 0 Å². The van der Waals surface area contributed by atoms with Crippen LogP contribution in [-0.4, -0.2) is 16.7 Å². The average Bonchev–Trinajstić information content (AvgIpc) is 3.05. The molecule has 2 heterocycles. The van der Waals surface area contributed by atoms with Crippen LogP contribution in [0.4, 0.5) is 0 Å². The van der Waals surface area contributed by atoms with Crippen LogP contribution in [0.5, 0.6) is 0 Å². The Morgan fingerprint density at radius 2 is 2.05 bits per heavy atom. The maximum atomic E-state index is 5.38.